The fraction of sp³-hybridized carbons (Fsp3) is 0.318. The lowest BCUT2D eigenvalue weighted by Gasteiger charge is -2.34. The SMILES string of the molecule is CCCN1CN(CC(C)=O)C(=O)c2[nH]c(-c3cn[nH]c3CC(=O)Nc3ccccc3Cl)nc21. The lowest BCUT2D eigenvalue weighted by molar-refractivity contribution is -0.118. The number of benzene rings is 1. The number of fused-ring (bicyclic) bond motifs is 1. The molecule has 10 nitrogen and oxygen atoms in total. The number of H-pyrrole nitrogens is 2. The quantitative estimate of drug-likeness (QED) is 0.465. The molecule has 0 fully saturated rings. The van der Waals surface area contributed by atoms with Gasteiger partial charge in [0.2, 0.25) is 5.91 Å². The summed E-state index contributed by atoms with van der Waals surface area (Å²) in [6, 6.07) is 6.98. The Morgan fingerprint density at radius 3 is 2.76 bits per heavy atom. The summed E-state index contributed by atoms with van der Waals surface area (Å²) in [5, 5.41) is 10.1. The van der Waals surface area contributed by atoms with Crippen molar-refractivity contribution in [2.75, 3.05) is 30.0 Å². The van der Waals surface area contributed by atoms with Crippen LogP contribution in [0.15, 0.2) is 30.5 Å². The molecule has 4 rings (SSSR count). The average Bonchev–Trinajstić information content (AvgIpc) is 3.40. The standard InChI is InChI=1S/C22H24ClN7O3/c1-3-8-29-12-30(11-13(2)31)22(33)19-21(29)27-20(26-19)14-10-24-28-17(14)9-18(32)25-16-7-5-4-6-15(16)23/h4-7,10H,3,8-9,11-12H2,1-2H3,(H,24,28)(H,25,32)(H,26,27). The van der Waals surface area contributed by atoms with Gasteiger partial charge in [0.1, 0.15) is 17.3 Å². The highest BCUT2D eigenvalue weighted by Gasteiger charge is 2.33. The van der Waals surface area contributed by atoms with E-state index in [9.17, 15) is 14.4 Å². The Labute approximate surface area is 195 Å². The van der Waals surface area contributed by atoms with Gasteiger partial charge in [0, 0.05) is 6.54 Å². The molecule has 172 valence electrons. The second-order valence-electron chi connectivity index (χ2n) is 7.86. The van der Waals surface area contributed by atoms with E-state index in [2.05, 4.69) is 25.5 Å². The number of imidazole rings is 1. The minimum atomic E-state index is -0.284. The first kappa shape index (κ1) is 22.5. The molecule has 3 heterocycles. The maximum atomic E-state index is 13.0. The van der Waals surface area contributed by atoms with E-state index in [1.54, 1.807) is 30.5 Å². The van der Waals surface area contributed by atoms with Gasteiger partial charge in [-0.1, -0.05) is 30.7 Å². The van der Waals surface area contributed by atoms with Crippen LogP contribution in [0.4, 0.5) is 11.5 Å². The van der Waals surface area contributed by atoms with Crippen LogP contribution in [0, 0.1) is 0 Å². The summed E-state index contributed by atoms with van der Waals surface area (Å²) < 4.78 is 0. The Morgan fingerprint density at radius 1 is 1.24 bits per heavy atom. The summed E-state index contributed by atoms with van der Waals surface area (Å²) >= 11 is 6.12. The summed E-state index contributed by atoms with van der Waals surface area (Å²) in [7, 11) is 0. The number of nitrogens with zero attached hydrogens (tertiary/aromatic N) is 4. The second kappa shape index (κ2) is 9.45. The third-order valence-corrected chi connectivity index (χ3v) is 5.52. The van der Waals surface area contributed by atoms with E-state index < -0.39 is 0 Å². The predicted molar refractivity (Wildman–Crippen MR) is 124 cm³/mol. The fourth-order valence-corrected chi connectivity index (χ4v) is 3.95. The van der Waals surface area contributed by atoms with Crippen molar-refractivity contribution in [2.45, 2.75) is 26.7 Å². The van der Waals surface area contributed by atoms with Gasteiger partial charge in [0.05, 0.1) is 47.8 Å². The van der Waals surface area contributed by atoms with Crippen molar-refractivity contribution in [1.82, 2.24) is 25.1 Å². The van der Waals surface area contributed by atoms with Gasteiger partial charge in [-0.3, -0.25) is 19.5 Å². The number of nitrogens with one attached hydrogen (secondary N) is 3. The molecule has 1 aliphatic heterocycles. The van der Waals surface area contributed by atoms with Crippen molar-refractivity contribution in [3.05, 3.63) is 46.9 Å². The number of hydrogen-bond donors (Lipinski definition) is 3. The maximum absolute atomic E-state index is 13.0. The average molecular weight is 470 g/mol. The summed E-state index contributed by atoms with van der Waals surface area (Å²) in [5.74, 6) is 0.302. The molecule has 0 atom stereocenters. The highest BCUT2D eigenvalue weighted by Crippen LogP contribution is 2.30. The van der Waals surface area contributed by atoms with Crippen LogP contribution >= 0.6 is 11.6 Å². The van der Waals surface area contributed by atoms with E-state index in [0.29, 0.717) is 52.5 Å². The van der Waals surface area contributed by atoms with Crippen molar-refractivity contribution >= 4 is 40.7 Å². The molecule has 2 amide bonds. The van der Waals surface area contributed by atoms with E-state index in [1.807, 2.05) is 11.8 Å². The van der Waals surface area contributed by atoms with Gasteiger partial charge in [0.15, 0.2) is 5.82 Å². The second-order valence-corrected chi connectivity index (χ2v) is 8.27. The Balaban J connectivity index is 1.59. The molecule has 33 heavy (non-hydrogen) atoms. The molecule has 0 radical (unpaired) electrons. The van der Waals surface area contributed by atoms with E-state index in [-0.39, 0.29) is 30.6 Å². The lowest BCUT2D eigenvalue weighted by atomic mass is 10.2. The van der Waals surface area contributed by atoms with Crippen molar-refractivity contribution < 1.29 is 14.4 Å². The number of carbonyl (C=O) groups excluding carboxylic acids is 3. The number of aromatic nitrogens is 4. The topological polar surface area (TPSA) is 127 Å². The molecule has 2 aromatic heterocycles. The summed E-state index contributed by atoms with van der Waals surface area (Å²) in [4.78, 5) is 48.4. The van der Waals surface area contributed by atoms with Gasteiger partial charge >= 0.3 is 0 Å². The van der Waals surface area contributed by atoms with Crippen LogP contribution in [0.2, 0.25) is 5.02 Å². The van der Waals surface area contributed by atoms with E-state index in [1.165, 1.54) is 11.8 Å². The lowest BCUT2D eigenvalue weighted by Crippen LogP contribution is -2.48. The van der Waals surface area contributed by atoms with Gasteiger partial charge in [-0.15, -0.1) is 0 Å². The number of hydrogen-bond acceptors (Lipinski definition) is 6. The minimum absolute atomic E-state index is 0.00893. The first-order chi connectivity index (χ1) is 15.9. The zero-order valence-corrected chi connectivity index (χ0v) is 19.1. The Bertz CT molecular complexity index is 1200. The number of ketones is 1. The molecular formula is C22H24ClN7O3. The number of para-hydroxylation sites is 1. The third-order valence-electron chi connectivity index (χ3n) is 5.19. The van der Waals surface area contributed by atoms with Gasteiger partial charge in [-0.05, 0) is 25.5 Å². The van der Waals surface area contributed by atoms with Crippen LogP contribution in [0.25, 0.3) is 11.4 Å². The number of anilines is 2. The van der Waals surface area contributed by atoms with Crippen molar-refractivity contribution in [3.8, 4) is 11.4 Å². The van der Waals surface area contributed by atoms with Crippen LogP contribution < -0.4 is 10.2 Å². The van der Waals surface area contributed by atoms with Crippen molar-refractivity contribution in [1.29, 1.82) is 0 Å². The van der Waals surface area contributed by atoms with Crippen LogP contribution in [0.3, 0.4) is 0 Å². The van der Waals surface area contributed by atoms with Crippen molar-refractivity contribution in [3.63, 3.8) is 0 Å². The molecule has 11 heteroatoms. The third kappa shape index (κ3) is 4.75. The van der Waals surface area contributed by atoms with Gasteiger partial charge in [0.25, 0.3) is 5.91 Å². The number of Topliss-reactive ketones (excluding diaryl/α,β-unsaturated/α-hetero) is 1. The monoisotopic (exact) mass is 469 g/mol. The Hall–Kier alpha value is -3.66. The van der Waals surface area contributed by atoms with Crippen LogP contribution in [-0.4, -0.2) is 62.4 Å². The zero-order valence-electron chi connectivity index (χ0n) is 18.3. The zero-order chi connectivity index (χ0) is 23.5. The number of rotatable bonds is 8. The molecule has 0 saturated heterocycles. The molecule has 0 aliphatic carbocycles. The maximum Gasteiger partial charge on any atom is 0.276 e. The Morgan fingerprint density at radius 2 is 2.03 bits per heavy atom. The molecule has 3 aromatic rings. The first-order valence-electron chi connectivity index (χ1n) is 10.6. The smallest absolute Gasteiger partial charge is 0.276 e. The highest BCUT2D eigenvalue weighted by atomic mass is 35.5. The predicted octanol–water partition coefficient (Wildman–Crippen LogP) is 2.85. The highest BCUT2D eigenvalue weighted by molar-refractivity contribution is 6.33. The molecule has 0 unspecified atom stereocenters. The van der Waals surface area contributed by atoms with Gasteiger partial charge in [-0.25, -0.2) is 4.98 Å². The molecule has 1 aromatic carbocycles. The van der Waals surface area contributed by atoms with Gasteiger partial charge in [-0.2, -0.15) is 5.10 Å². The molecular weight excluding hydrogens is 446 g/mol. The van der Waals surface area contributed by atoms with E-state index in [4.69, 9.17) is 11.6 Å². The van der Waals surface area contributed by atoms with Crippen LogP contribution in [-0.2, 0) is 16.0 Å². The number of amides is 2. The van der Waals surface area contributed by atoms with E-state index in [0.717, 1.165) is 6.42 Å². The molecule has 0 saturated carbocycles. The number of halogens is 1. The summed E-state index contributed by atoms with van der Waals surface area (Å²) in [5.41, 5.74) is 1.96. The summed E-state index contributed by atoms with van der Waals surface area (Å²) in [6.07, 6.45) is 2.42. The van der Waals surface area contributed by atoms with Crippen LogP contribution in [0.1, 0.15) is 36.5 Å². The Kier molecular flexibility index (Phi) is 6.45. The molecule has 3 N–H and O–H groups in total. The van der Waals surface area contributed by atoms with Gasteiger partial charge < -0.3 is 20.1 Å². The number of aromatic amines is 2. The minimum Gasteiger partial charge on any atom is -0.337 e. The molecule has 1 aliphatic rings. The largest absolute Gasteiger partial charge is 0.337 e. The normalized spacial score (nSPS) is 13.2. The van der Waals surface area contributed by atoms with Crippen molar-refractivity contribution in [2.24, 2.45) is 0 Å². The van der Waals surface area contributed by atoms with Crippen LogP contribution in [0.5, 0.6) is 0 Å². The summed E-state index contributed by atoms with van der Waals surface area (Å²) in [6.45, 7) is 4.49. The molecule has 0 bridgehead atoms. The first-order valence-corrected chi connectivity index (χ1v) is 11.0. The number of carbonyl (C=O) groups is 3. The van der Waals surface area contributed by atoms with E-state index >= 15 is 0 Å². The fourth-order valence-electron chi connectivity index (χ4n) is 3.77. The molecule has 0 spiro atoms.